The van der Waals surface area contributed by atoms with E-state index in [-0.39, 0.29) is 12.5 Å². The van der Waals surface area contributed by atoms with Gasteiger partial charge in [0.25, 0.3) is 5.91 Å². The van der Waals surface area contributed by atoms with E-state index in [1.54, 1.807) is 0 Å². The lowest BCUT2D eigenvalue weighted by Crippen LogP contribution is -2.30. The van der Waals surface area contributed by atoms with Gasteiger partial charge < -0.3 is 19.4 Å². The van der Waals surface area contributed by atoms with Crippen LogP contribution in [0.1, 0.15) is 44.0 Å². The molecule has 1 amide bonds. The summed E-state index contributed by atoms with van der Waals surface area (Å²) in [6.07, 6.45) is 2.47. The number of hydrogen-bond donors (Lipinski definition) is 1. The van der Waals surface area contributed by atoms with Gasteiger partial charge in [-0.2, -0.15) is 0 Å². The molecule has 3 aromatic carbocycles. The minimum absolute atomic E-state index is 0.0163. The first-order valence-corrected chi connectivity index (χ1v) is 12.7. The van der Waals surface area contributed by atoms with E-state index in [1.165, 1.54) is 5.56 Å². The van der Waals surface area contributed by atoms with Crippen LogP contribution in [0.3, 0.4) is 0 Å². The monoisotopic (exact) mass is 485 g/mol. The van der Waals surface area contributed by atoms with Crippen molar-refractivity contribution < 1.29 is 14.3 Å². The molecule has 0 bridgehead atoms. The number of aryl methyl sites for hydroxylation is 2. The third-order valence-corrected chi connectivity index (χ3v) is 6.07. The Kier molecular flexibility index (Phi) is 8.98. The summed E-state index contributed by atoms with van der Waals surface area (Å²) in [5.41, 5.74) is 3.37. The molecule has 0 aliphatic rings. The SMILES string of the molecule is CC(C)c1ccccc1OCCCn1c(CCCNC(=O)COc2ccccc2)nc2ccccc21. The van der Waals surface area contributed by atoms with Crippen LogP contribution < -0.4 is 14.8 Å². The van der Waals surface area contributed by atoms with Crippen LogP contribution in [0.15, 0.2) is 78.9 Å². The van der Waals surface area contributed by atoms with Crippen molar-refractivity contribution in [2.75, 3.05) is 19.8 Å². The van der Waals surface area contributed by atoms with Crippen LogP contribution in [0.5, 0.6) is 11.5 Å². The summed E-state index contributed by atoms with van der Waals surface area (Å²) in [6, 6.07) is 25.9. The van der Waals surface area contributed by atoms with E-state index < -0.39 is 0 Å². The first kappa shape index (κ1) is 25.3. The van der Waals surface area contributed by atoms with Gasteiger partial charge in [-0.3, -0.25) is 4.79 Å². The molecule has 36 heavy (non-hydrogen) atoms. The molecular formula is C30H35N3O3. The molecule has 0 radical (unpaired) electrons. The van der Waals surface area contributed by atoms with Gasteiger partial charge in [0, 0.05) is 19.5 Å². The van der Waals surface area contributed by atoms with E-state index in [1.807, 2.05) is 60.7 Å². The molecule has 0 saturated heterocycles. The highest BCUT2D eigenvalue weighted by molar-refractivity contribution is 5.77. The van der Waals surface area contributed by atoms with Crippen molar-refractivity contribution in [1.82, 2.24) is 14.9 Å². The van der Waals surface area contributed by atoms with Crippen LogP contribution in [0.2, 0.25) is 0 Å². The zero-order chi connectivity index (χ0) is 25.2. The summed E-state index contributed by atoms with van der Waals surface area (Å²) in [6.45, 7) is 6.44. The lowest BCUT2D eigenvalue weighted by Gasteiger charge is -2.14. The number of aromatic nitrogens is 2. The molecule has 188 valence electrons. The van der Waals surface area contributed by atoms with Crippen LogP contribution in [-0.4, -0.2) is 35.2 Å². The van der Waals surface area contributed by atoms with Gasteiger partial charge in [0.05, 0.1) is 17.6 Å². The van der Waals surface area contributed by atoms with Crippen LogP contribution in [0.25, 0.3) is 11.0 Å². The Hall–Kier alpha value is -3.80. The summed E-state index contributed by atoms with van der Waals surface area (Å²) in [7, 11) is 0. The Morgan fingerprint density at radius 3 is 2.50 bits per heavy atom. The molecule has 0 saturated carbocycles. The van der Waals surface area contributed by atoms with Crippen molar-refractivity contribution in [2.24, 2.45) is 0 Å². The number of fused-ring (bicyclic) bond motifs is 1. The normalized spacial score (nSPS) is 11.1. The van der Waals surface area contributed by atoms with Gasteiger partial charge in [-0.15, -0.1) is 0 Å². The Labute approximate surface area is 213 Å². The maximum atomic E-state index is 12.1. The second-order valence-electron chi connectivity index (χ2n) is 9.12. The van der Waals surface area contributed by atoms with Gasteiger partial charge in [-0.1, -0.05) is 62.4 Å². The topological polar surface area (TPSA) is 65.4 Å². The van der Waals surface area contributed by atoms with Crippen molar-refractivity contribution in [1.29, 1.82) is 0 Å². The van der Waals surface area contributed by atoms with E-state index >= 15 is 0 Å². The predicted molar refractivity (Wildman–Crippen MR) is 144 cm³/mol. The Bertz CT molecular complexity index is 1250. The fourth-order valence-electron chi connectivity index (χ4n) is 4.25. The highest BCUT2D eigenvalue weighted by Crippen LogP contribution is 2.26. The van der Waals surface area contributed by atoms with Crippen molar-refractivity contribution in [2.45, 2.75) is 45.6 Å². The number of ether oxygens (including phenoxy) is 2. The number of carbonyl (C=O) groups excluding carboxylic acids is 1. The summed E-state index contributed by atoms with van der Waals surface area (Å²) in [5, 5.41) is 2.94. The number of hydrogen-bond acceptors (Lipinski definition) is 4. The number of para-hydroxylation sites is 4. The number of carbonyl (C=O) groups is 1. The number of nitrogens with one attached hydrogen (secondary N) is 1. The molecule has 6 heteroatoms. The van der Waals surface area contributed by atoms with Crippen LogP contribution >= 0.6 is 0 Å². The van der Waals surface area contributed by atoms with Crippen LogP contribution in [0, 0.1) is 0 Å². The van der Waals surface area contributed by atoms with Gasteiger partial charge in [0.15, 0.2) is 6.61 Å². The van der Waals surface area contributed by atoms with Crippen LogP contribution in [-0.2, 0) is 17.8 Å². The lowest BCUT2D eigenvalue weighted by atomic mass is 10.0. The van der Waals surface area contributed by atoms with Crippen molar-refractivity contribution in [3.05, 3.63) is 90.3 Å². The van der Waals surface area contributed by atoms with Gasteiger partial charge in [0.1, 0.15) is 17.3 Å². The molecule has 1 N–H and O–H groups in total. The number of benzene rings is 3. The first-order valence-electron chi connectivity index (χ1n) is 12.7. The average molecular weight is 486 g/mol. The number of amides is 1. The molecule has 1 heterocycles. The highest BCUT2D eigenvalue weighted by atomic mass is 16.5. The molecule has 4 rings (SSSR count). The third kappa shape index (κ3) is 6.87. The molecule has 0 spiro atoms. The molecule has 0 atom stereocenters. The van der Waals surface area contributed by atoms with E-state index in [2.05, 4.69) is 41.9 Å². The third-order valence-electron chi connectivity index (χ3n) is 6.07. The number of nitrogens with zero attached hydrogens (tertiary/aromatic N) is 2. The minimum atomic E-state index is -0.119. The van der Waals surface area contributed by atoms with Crippen molar-refractivity contribution in [3.63, 3.8) is 0 Å². The second-order valence-corrected chi connectivity index (χ2v) is 9.12. The molecule has 4 aromatic rings. The predicted octanol–water partition coefficient (Wildman–Crippen LogP) is 5.76. The zero-order valence-corrected chi connectivity index (χ0v) is 21.2. The molecule has 1 aromatic heterocycles. The highest BCUT2D eigenvalue weighted by Gasteiger charge is 2.11. The maximum Gasteiger partial charge on any atom is 0.257 e. The van der Waals surface area contributed by atoms with E-state index in [0.29, 0.717) is 24.8 Å². The van der Waals surface area contributed by atoms with E-state index in [0.717, 1.165) is 48.4 Å². The first-order chi connectivity index (χ1) is 17.6. The molecular weight excluding hydrogens is 450 g/mol. The summed E-state index contributed by atoms with van der Waals surface area (Å²) < 4.78 is 13.9. The van der Waals surface area contributed by atoms with Crippen molar-refractivity contribution in [3.8, 4) is 11.5 Å². The smallest absolute Gasteiger partial charge is 0.257 e. The van der Waals surface area contributed by atoms with Gasteiger partial charge >= 0.3 is 0 Å². The van der Waals surface area contributed by atoms with E-state index in [4.69, 9.17) is 14.5 Å². The van der Waals surface area contributed by atoms with Crippen LogP contribution in [0.4, 0.5) is 0 Å². The fourth-order valence-corrected chi connectivity index (χ4v) is 4.25. The molecule has 0 fully saturated rings. The van der Waals surface area contributed by atoms with Gasteiger partial charge in [-0.25, -0.2) is 4.98 Å². The lowest BCUT2D eigenvalue weighted by molar-refractivity contribution is -0.123. The Balaban J connectivity index is 1.28. The van der Waals surface area contributed by atoms with Gasteiger partial charge in [-0.05, 0) is 54.7 Å². The van der Waals surface area contributed by atoms with E-state index in [9.17, 15) is 4.79 Å². The largest absolute Gasteiger partial charge is 0.493 e. The summed E-state index contributed by atoms with van der Waals surface area (Å²) in [4.78, 5) is 17.0. The standard InChI is InChI=1S/C30H35N3O3/c1-23(2)25-14-6-9-17-28(25)35-21-11-20-33-27-16-8-7-15-26(27)32-29(33)18-10-19-31-30(34)22-36-24-12-4-3-5-13-24/h3-9,12-17,23H,10-11,18-22H2,1-2H3,(H,31,34). The number of imidazole rings is 1. The molecule has 0 aliphatic carbocycles. The maximum absolute atomic E-state index is 12.1. The van der Waals surface area contributed by atoms with Gasteiger partial charge in [0.2, 0.25) is 0 Å². The quantitative estimate of drug-likeness (QED) is 0.245. The second kappa shape index (κ2) is 12.8. The molecule has 0 aliphatic heterocycles. The summed E-state index contributed by atoms with van der Waals surface area (Å²) >= 11 is 0. The fraction of sp³-hybridized carbons (Fsp3) is 0.333. The molecule has 0 unspecified atom stereocenters. The Morgan fingerprint density at radius 2 is 1.67 bits per heavy atom. The van der Waals surface area contributed by atoms with Crippen molar-refractivity contribution >= 4 is 16.9 Å². The molecule has 6 nitrogen and oxygen atoms in total. The number of rotatable bonds is 13. The zero-order valence-electron chi connectivity index (χ0n) is 21.2. The Morgan fingerprint density at radius 1 is 0.917 bits per heavy atom. The average Bonchev–Trinajstić information content (AvgIpc) is 3.26. The summed E-state index contributed by atoms with van der Waals surface area (Å²) in [5.74, 6) is 3.00. The minimum Gasteiger partial charge on any atom is -0.493 e.